The van der Waals surface area contributed by atoms with E-state index in [4.69, 9.17) is 14.2 Å². The highest BCUT2D eigenvalue weighted by atomic mass is 16.6. The molecule has 0 aromatic heterocycles. The van der Waals surface area contributed by atoms with E-state index in [0.29, 0.717) is 19.3 Å². The zero-order valence-corrected chi connectivity index (χ0v) is 51.0. The summed E-state index contributed by atoms with van der Waals surface area (Å²) >= 11 is 0. The predicted molar refractivity (Wildman–Crippen MR) is 330 cm³/mol. The molecule has 0 aliphatic heterocycles. The van der Waals surface area contributed by atoms with E-state index in [2.05, 4.69) is 69.4 Å². The number of allylic oxidation sites excluding steroid dienone is 8. The van der Waals surface area contributed by atoms with E-state index in [1.807, 2.05) is 0 Å². The molecule has 0 saturated carbocycles. The van der Waals surface area contributed by atoms with Crippen molar-refractivity contribution >= 4 is 17.9 Å². The summed E-state index contributed by atoms with van der Waals surface area (Å²) in [6, 6.07) is 0. The van der Waals surface area contributed by atoms with E-state index in [-0.39, 0.29) is 37.5 Å². The van der Waals surface area contributed by atoms with Gasteiger partial charge in [0.05, 0.1) is 0 Å². The molecule has 0 heterocycles. The first-order valence-corrected chi connectivity index (χ1v) is 33.6. The van der Waals surface area contributed by atoms with Crippen LogP contribution in [0.4, 0.5) is 0 Å². The second-order valence-corrected chi connectivity index (χ2v) is 22.7. The Morgan fingerprint density at radius 1 is 0.276 bits per heavy atom. The van der Waals surface area contributed by atoms with Crippen molar-refractivity contribution in [1.82, 2.24) is 0 Å². The summed E-state index contributed by atoms with van der Waals surface area (Å²) in [4.78, 5) is 38.0. The molecule has 0 bridgehead atoms. The Bertz CT molecular complexity index is 1310. The van der Waals surface area contributed by atoms with E-state index >= 15 is 0 Å². The van der Waals surface area contributed by atoms with Crippen LogP contribution < -0.4 is 0 Å². The largest absolute Gasteiger partial charge is 0.462 e. The van der Waals surface area contributed by atoms with Crippen molar-refractivity contribution in [3.05, 3.63) is 48.6 Å². The smallest absolute Gasteiger partial charge is 0.306 e. The van der Waals surface area contributed by atoms with Crippen LogP contribution in [0, 0.1) is 0 Å². The number of carbonyl (C=O) groups excluding carboxylic acids is 3. The lowest BCUT2D eigenvalue weighted by Crippen LogP contribution is -2.30. The number of esters is 3. The van der Waals surface area contributed by atoms with Crippen LogP contribution in [0.5, 0.6) is 0 Å². The van der Waals surface area contributed by atoms with Crippen LogP contribution in [0.1, 0.15) is 361 Å². The molecular formula is C70H128O6. The molecule has 6 nitrogen and oxygen atoms in total. The quantitative estimate of drug-likeness (QED) is 0.0261. The van der Waals surface area contributed by atoms with Gasteiger partial charge in [0, 0.05) is 19.3 Å². The molecule has 1 atom stereocenters. The highest BCUT2D eigenvalue weighted by Gasteiger charge is 2.19. The minimum Gasteiger partial charge on any atom is -0.462 e. The third-order valence-electron chi connectivity index (χ3n) is 15.1. The molecule has 76 heavy (non-hydrogen) atoms. The zero-order chi connectivity index (χ0) is 55.0. The molecular weight excluding hydrogens is 937 g/mol. The van der Waals surface area contributed by atoms with Crippen LogP contribution >= 0.6 is 0 Å². The van der Waals surface area contributed by atoms with Gasteiger partial charge < -0.3 is 14.2 Å². The van der Waals surface area contributed by atoms with Crippen LogP contribution in [0.15, 0.2) is 48.6 Å². The number of hydrogen-bond donors (Lipinski definition) is 0. The summed E-state index contributed by atoms with van der Waals surface area (Å²) in [6.07, 6.45) is 81.9. The van der Waals surface area contributed by atoms with Crippen molar-refractivity contribution in [2.45, 2.75) is 367 Å². The van der Waals surface area contributed by atoms with Gasteiger partial charge in [-0.2, -0.15) is 0 Å². The molecule has 0 aliphatic carbocycles. The van der Waals surface area contributed by atoms with Crippen molar-refractivity contribution in [3.63, 3.8) is 0 Å². The molecule has 0 aromatic carbocycles. The van der Waals surface area contributed by atoms with Gasteiger partial charge in [0.25, 0.3) is 0 Å². The van der Waals surface area contributed by atoms with Crippen molar-refractivity contribution < 1.29 is 28.6 Å². The molecule has 6 heteroatoms. The van der Waals surface area contributed by atoms with Gasteiger partial charge in [-0.25, -0.2) is 0 Å². The van der Waals surface area contributed by atoms with Crippen LogP contribution in [0.25, 0.3) is 0 Å². The third kappa shape index (κ3) is 62.2. The van der Waals surface area contributed by atoms with Gasteiger partial charge in [0.2, 0.25) is 0 Å². The van der Waals surface area contributed by atoms with Crippen molar-refractivity contribution in [1.29, 1.82) is 0 Å². The Hall–Kier alpha value is -2.63. The molecule has 0 rings (SSSR count). The first kappa shape index (κ1) is 73.4. The van der Waals surface area contributed by atoms with E-state index in [1.165, 1.54) is 238 Å². The summed E-state index contributed by atoms with van der Waals surface area (Å²) < 4.78 is 16.8. The second kappa shape index (κ2) is 64.9. The Morgan fingerprint density at radius 2 is 0.513 bits per heavy atom. The van der Waals surface area contributed by atoms with E-state index < -0.39 is 6.10 Å². The molecule has 0 fully saturated rings. The lowest BCUT2D eigenvalue weighted by molar-refractivity contribution is -0.167. The fraction of sp³-hybridized carbons (Fsp3) is 0.843. The Labute approximate surface area is 473 Å². The number of unbranched alkanes of at least 4 members (excludes halogenated alkanes) is 43. The summed E-state index contributed by atoms with van der Waals surface area (Å²) in [5.74, 6) is -0.916. The SMILES string of the molecule is CC/C=C\C/C=C\C/C=C\C/C=C\CCCCC(=O)OC(COC(=O)CCCCCCCCCC)COC(=O)CCCCCCCCCCCCCCCCCCCCCCCCCCCCCCCCCCCCC. The first-order valence-electron chi connectivity index (χ1n) is 33.6. The van der Waals surface area contributed by atoms with Gasteiger partial charge in [-0.15, -0.1) is 0 Å². The minimum absolute atomic E-state index is 0.0861. The van der Waals surface area contributed by atoms with Gasteiger partial charge in [-0.1, -0.05) is 333 Å². The molecule has 0 saturated heterocycles. The minimum atomic E-state index is -0.791. The maximum atomic E-state index is 12.8. The summed E-state index contributed by atoms with van der Waals surface area (Å²) in [5, 5.41) is 0. The lowest BCUT2D eigenvalue weighted by atomic mass is 10.0. The summed E-state index contributed by atoms with van der Waals surface area (Å²) in [5.41, 5.74) is 0. The van der Waals surface area contributed by atoms with Gasteiger partial charge >= 0.3 is 17.9 Å². The first-order chi connectivity index (χ1) is 37.5. The lowest BCUT2D eigenvalue weighted by Gasteiger charge is -2.18. The molecule has 0 radical (unpaired) electrons. The summed E-state index contributed by atoms with van der Waals surface area (Å²) in [6.45, 7) is 6.51. The monoisotopic (exact) mass is 1060 g/mol. The number of carbonyl (C=O) groups is 3. The highest BCUT2D eigenvalue weighted by Crippen LogP contribution is 2.18. The zero-order valence-electron chi connectivity index (χ0n) is 51.0. The van der Waals surface area contributed by atoms with Crippen LogP contribution in [-0.2, 0) is 28.6 Å². The van der Waals surface area contributed by atoms with Crippen LogP contribution in [-0.4, -0.2) is 37.2 Å². The fourth-order valence-corrected chi connectivity index (χ4v) is 10.1. The van der Waals surface area contributed by atoms with Crippen molar-refractivity contribution in [3.8, 4) is 0 Å². The topological polar surface area (TPSA) is 78.9 Å². The second-order valence-electron chi connectivity index (χ2n) is 22.7. The average molecular weight is 1070 g/mol. The van der Waals surface area contributed by atoms with Gasteiger partial charge in [-0.3, -0.25) is 14.4 Å². The predicted octanol–water partition coefficient (Wildman–Crippen LogP) is 22.9. The standard InChI is InChI=1S/C70H128O6/c1-4-7-10-13-16-19-21-23-25-26-27-28-29-30-31-32-33-34-35-36-37-38-39-40-41-42-43-44-46-47-49-51-54-57-60-63-69(72)75-66-67(65-74-68(71)62-59-56-53-18-15-12-9-6-3)76-70(73)64-61-58-55-52-50-48-45-24-22-20-17-14-11-8-5-2/h8,11,17,20,24,45,50,52,67H,4-7,9-10,12-16,18-19,21-23,25-44,46-49,51,53-66H2,1-3H3/b11-8-,20-17-,45-24-,52-50-. The molecule has 444 valence electrons. The molecule has 0 amide bonds. The Morgan fingerprint density at radius 3 is 0.803 bits per heavy atom. The molecule has 0 aliphatic rings. The molecule has 0 aromatic rings. The Kier molecular flexibility index (Phi) is 62.6. The molecule has 0 N–H and O–H groups in total. The molecule has 0 spiro atoms. The van der Waals surface area contributed by atoms with Crippen molar-refractivity contribution in [2.24, 2.45) is 0 Å². The van der Waals surface area contributed by atoms with E-state index in [9.17, 15) is 14.4 Å². The van der Waals surface area contributed by atoms with E-state index in [0.717, 1.165) is 77.0 Å². The van der Waals surface area contributed by atoms with Gasteiger partial charge in [0.1, 0.15) is 13.2 Å². The number of hydrogen-bond acceptors (Lipinski definition) is 6. The van der Waals surface area contributed by atoms with Gasteiger partial charge in [-0.05, 0) is 57.8 Å². The van der Waals surface area contributed by atoms with Crippen LogP contribution in [0.3, 0.4) is 0 Å². The van der Waals surface area contributed by atoms with Crippen LogP contribution in [0.2, 0.25) is 0 Å². The van der Waals surface area contributed by atoms with E-state index in [1.54, 1.807) is 0 Å². The fourth-order valence-electron chi connectivity index (χ4n) is 10.1. The average Bonchev–Trinajstić information content (AvgIpc) is 3.42. The third-order valence-corrected chi connectivity index (χ3v) is 15.1. The summed E-state index contributed by atoms with van der Waals surface area (Å²) in [7, 11) is 0. The maximum absolute atomic E-state index is 12.8. The maximum Gasteiger partial charge on any atom is 0.306 e. The highest BCUT2D eigenvalue weighted by molar-refractivity contribution is 5.71. The van der Waals surface area contributed by atoms with Crippen molar-refractivity contribution in [2.75, 3.05) is 13.2 Å². The number of ether oxygens (including phenoxy) is 3. The Balaban J connectivity index is 3.95. The number of rotatable bonds is 62. The normalized spacial score (nSPS) is 12.3. The van der Waals surface area contributed by atoms with Gasteiger partial charge in [0.15, 0.2) is 6.10 Å². The molecule has 1 unspecified atom stereocenters.